The molecule has 3 aromatic carbocycles. The van der Waals surface area contributed by atoms with Crippen molar-refractivity contribution in [2.24, 2.45) is 0 Å². The topological polar surface area (TPSA) is 39.1 Å². The molecule has 0 amide bonds. The van der Waals surface area contributed by atoms with E-state index in [1.807, 2.05) is 54.6 Å². The molecular weight excluding hydrogens is 342 g/mol. The van der Waals surface area contributed by atoms with Gasteiger partial charge in [-0.15, -0.1) is 0 Å². The number of hydrogen-bond acceptors (Lipinski definition) is 2. The maximum atomic E-state index is 13.4. The lowest BCUT2D eigenvalue weighted by Crippen LogP contribution is -2.14. The molecule has 0 aliphatic heterocycles. The van der Waals surface area contributed by atoms with Crippen molar-refractivity contribution in [2.45, 2.75) is 4.90 Å². The van der Waals surface area contributed by atoms with E-state index in [-0.39, 0.29) is 4.90 Å². The molecule has 0 aliphatic carbocycles. The highest BCUT2D eigenvalue weighted by atomic mass is 32.2. The molecule has 0 radical (unpaired) electrons. The Hall–Kier alpha value is -3.11. The van der Waals surface area contributed by atoms with E-state index in [0.29, 0.717) is 11.2 Å². The van der Waals surface area contributed by atoms with Crippen molar-refractivity contribution in [3.05, 3.63) is 97.1 Å². The molecule has 26 heavy (non-hydrogen) atoms. The fourth-order valence-electron chi connectivity index (χ4n) is 3.11. The van der Waals surface area contributed by atoms with Gasteiger partial charge in [-0.3, -0.25) is 0 Å². The molecule has 128 valence electrons. The van der Waals surface area contributed by atoms with Crippen LogP contribution in [0.15, 0.2) is 96.4 Å². The molecule has 0 fully saturated rings. The highest BCUT2D eigenvalue weighted by Gasteiger charge is 2.23. The second kappa shape index (κ2) is 6.32. The maximum absolute atomic E-state index is 13.4. The lowest BCUT2D eigenvalue weighted by Gasteiger charge is -2.12. The van der Waals surface area contributed by atoms with Gasteiger partial charge in [-0.2, -0.15) is 0 Å². The van der Waals surface area contributed by atoms with E-state index in [9.17, 15) is 8.42 Å². The van der Waals surface area contributed by atoms with Gasteiger partial charge in [0.25, 0.3) is 10.0 Å². The smallest absolute Gasteiger partial charge is 0.233 e. The second-order valence-corrected chi connectivity index (χ2v) is 7.79. The van der Waals surface area contributed by atoms with Crippen molar-refractivity contribution in [3.8, 4) is 11.3 Å². The van der Waals surface area contributed by atoms with Crippen LogP contribution in [0.3, 0.4) is 0 Å². The van der Waals surface area contributed by atoms with Gasteiger partial charge in [0.1, 0.15) is 0 Å². The first-order chi connectivity index (χ1) is 12.6. The second-order valence-electron chi connectivity index (χ2n) is 6.00. The van der Waals surface area contributed by atoms with Gasteiger partial charge in [0.2, 0.25) is 0 Å². The molecule has 0 bridgehead atoms. The summed E-state index contributed by atoms with van der Waals surface area (Å²) >= 11 is 0. The molecule has 0 aliphatic rings. The van der Waals surface area contributed by atoms with E-state index in [2.05, 4.69) is 6.58 Å². The van der Waals surface area contributed by atoms with Crippen molar-refractivity contribution in [1.82, 2.24) is 3.97 Å². The number of fused-ring (bicyclic) bond motifs is 1. The minimum Gasteiger partial charge on any atom is -0.233 e. The van der Waals surface area contributed by atoms with Gasteiger partial charge < -0.3 is 0 Å². The minimum absolute atomic E-state index is 0.266. The zero-order valence-electron chi connectivity index (χ0n) is 14.0. The predicted octanol–water partition coefficient (Wildman–Crippen LogP) is 5.19. The molecule has 0 saturated carbocycles. The van der Waals surface area contributed by atoms with Gasteiger partial charge >= 0.3 is 0 Å². The predicted molar refractivity (Wildman–Crippen MR) is 106 cm³/mol. The lowest BCUT2D eigenvalue weighted by molar-refractivity contribution is 0.589. The van der Waals surface area contributed by atoms with Crippen molar-refractivity contribution in [3.63, 3.8) is 0 Å². The molecule has 0 spiro atoms. The first kappa shape index (κ1) is 16.4. The zero-order valence-corrected chi connectivity index (χ0v) is 14.9. The third kappa shape index (κ3) is 2.65. The van der Waals surface area contributed by atoms with Gasteiger partial charge in [0.05, 0.1) is 16.1 Å². The summed E-state index contributed by atoms with van der Waals surface area (Å²) in [6, 6.07) is 25.6. The number of rotatable bonds is 4. The van der Waals surface area contributed by atoms with Crippen LogP contribution in [0.5, 0.6) is 0 Å². The van der Waals surface area contributed by atoms with Crippen LogP contribution in [0.4, 0.5) is 0 Å². The molecule has 0 N–H and O–H groups in total. The molecule has 0 atom stereocenters. The molecule has 0 unspecified atom stereocenters. The van der Waals surface area contributed by atoms with E-state index in [4.69, 9.17) is 0 Å². The van der Waals surface area contributed by atoms with Crippen LogP contribution in [0.1, 0.15) is 5.56 Å². The van der Waals surface area contributed by atoms with Crippen LogP contribution in [0, 0.1) is 0 Å². The molecular formula is C22H17NO2S. The average molecular weight is 359 g/mol. The van der Waals surface area contributed by atoms with Gasteiger partial charge in [0, 0.05) is 5.39 Å². The summed E-state index contributed by atoms with van der Waals surface area (Å²) in [5, 5.41) is 0.881. The molecule has 1 heterocycles. The maximum Gasteiger partial charge on any atom is 0.268 e. The summed E-state index contributed by atoms with van der Waals surface area (Å²) in [6.45, 7) is 3.80. The van der Waals surface area contributed by atoms with Crippen molar-refractivity contribution in [2.75, 3.05) is 0 Å². The molecule has 4 heteroatoms. The van der Waals surface area contributed by atoms with E-state index in [1.165, 1.54) is 3.97 Å². The zero-order chi connectivity index (χ0) is 18.1. The Morgan fingerprint density at radius 1 is 0.808 bits per heavy atom. The Balaban J connectivity index is 2.06. The van der Waals surface area contributed by atoms with Crippen LogP contribution >= 0.6 is 0 Å². The highest BCUT2D eigenvalue weighted by molar-refractivity contribution is 7.90. The van der Waals surface area contributed by atoms with Gasteiger partial charge in [-0.25, -0.2) is 12.4 Å². The van der Waals surface area contributed by atoms with E-state index in [1.54, 1.807) is 36.4 Å². The van der Waals surface area contributed by atoms with Crippen LogP contribution < -0.4 is 0 Å². The SMILES string of the molecule is C=Cc1cccc(-c2cc3ccccc3n2S(=O)(=O)c2ccccc2)c1. The van der Waals surface area contributed by atoms with Gasteiger partial charge in [0.15, 0.2) is 0 Å². The molecule has 4 aromatic rings. The summed E-state index contributed by atoms with van der Waals surface area (Å²) in [5.74, 6) is 0. The van der Waals surface area contributed by atoms with Crippen molar-refractivity contribution < 1.29 is 8.42 Å². The van der Waals surface area contributed by atoms with Crippen LogP contribution in [0.25, 0.3) is 28.2 Å². The van der Waals surface area contributed by atoms with E-state index < -0.39 is 10.0 Å². The number of para-hydroxylation sites is 1. The summed E-state index contributed by atoms with van der Waals surface area (Å²) in [7, 11) is -3.73. The van der Waals surface area contributed by atoms with Crippen LogP contribution in [-0.4, -0.2) is 12.4 Å². The third-order valence-corrected chi connectivity index (χ3v) is 6.11. The Bertz CT molecular complexity index is 1210. The van der Waals surface area contributed by atoms with E-state index in [0.717, 1.165) is 16.5 Å². The molecule has 4 rings (SSSR count). The Morgan fingerprint density at radius 3 is 2.31 bits per heavy atom. The van der Waals surface area contributed by atoms with E-state index >= 15 is 0 Å². The normalized spacial score (nSPS) is 11.5. The first-order valence-electron chi connectivity index (χ1n) is 8.25. The highest BCUT2D eigenvalue weighted by Crippen LogP contribution is 2.32. The number of hydrogen-bond donors (Lipinski definition) is 0. The van der Waals surface area contributed by atoms with Crippen LogP contribution in [0.2, 0.25) is 0 Å². The minimum atomic E-state index is -3.73. The van der Waals surface area contributed by atoms with Crippen molar-refractivity contribution >= 4 is 27.0 Å². The van der Waals surface area contributed by atoms with Gasteiger partial charge in [-0.05, 0) is 41.5 Å². The summed E-state index contributed by atoms with van der Waals surface area (Å²) in [4.78, 5) is 0.266. The lowest BCUT2D eigenvalue weighted by atomic mass is 10.1. The monoisotopic (exact) mass is 359 g/mol. The van der Waals surface area contributed by atoms with Crippen molar-refractivity contribution in [1.29, 1.82) is 0 Å². The number of aromatic nitrogens is 1. The number of benzene rings is 3. The summed E-state index contributed by atoms with van der Waals surface area (Å²) in [6.07, 6.45) is 1.75. The summed E-state index contributed by atoms with van der Waals surface area (Å²) in [5.41, 5.74) is 3.07. The van der Waals surface area contributed by atoms with Gasteiger partial charge in [-0.1, -0.05) is 67.3 Å². The third-order valence-electron chi connectivity index (χ3n) is 4.37. The first-order valence-corrected chi connectivity index (χ1v) is 9.69. The quantitative estimate of drug-likeness (QED) is 0.503. The Morgan fingerprint density at radius 2 is 1.54 bits per heavy atom. The molecule has 1 aromatic heterocycles. The fourth-order valence-corrected chi connectivity index (χ4v) is 4.67. The average Bonchev–Trinajstić information content (AvgIpc) is 3.09. The standard InChI is InChI=1S/C22H17NO2S/c1-2-17-9-8-11-18(15-17)22-16-19-10-6-7-14-21(19)23(22)26(24,25)20-12-4-3-5-13-20/h2-16H,1H2. The number of nitrogens with zero attached hydrogens (tertiary/aromatic N) is 1. The Labute approximate surface area is 152 Å². The molecule has 0 saturated heterocycles. The fraction of sp³-hybridized carbons (Fsp3) is 0. The Kier molecular flexibility index (Phi) is 3.98. The molecule has 3 nitrogen and oxygen atoms in total. The summed E-state index contributed by atoms with van der Waals surface area (Å²) < 4.78 is 28.2. The largest absolute Gasteiger partial charge is 0.268 e. The van der Waals surface area contributed by atoms with Crippen LogP contribution in [-0.2, 0) is 10.0 Å².